The summed E-state index contributed by atoms with van der Waals surface area (Å²) in [6.07, 6.45) is 3.26. The van der Waals surface area contributed by atoms with Gasteiger partial charge in [-0.05, 0) is 29.3 Å². The van der Waals surface area contributed by atoms with Crippen LogP contribution in [0.1, 0.15) is 22.6 Å². The largest absolute Gasteiger partial charge is 0.487 e. The normalized spacial score (nSPS) is 14.5. The van der Waals surface area contributed by atoms with E-state index in [0.717, 1.165) is 11.1 Å². The van der Waals surface area contributed by atoms with E-state index in [0.29, 0.717) is 29.1 Å². The molecule has 5 rings (SSSR count). The SMILES string of the molecule is O=C(NCC1Cc2c(F)ccc(-c3ncccn3)c2O1)C(c1ccccc1)c1ccccc1. The van der Waals surface area contributed by atoms with Gasteiger partial charge >= 0.3 is 0 Å². The van der Waals surface area contributed by atoms with Crippen molar-refractivity contribution in [3.63, 3.8) is 0 Å². The van der Waals surface area contributed by atoms with Gasteiger partial charge in [0, 0.05) is 24.4 Å². The number of nitrogens with one attached hydrogen (secondary N) is 1. The van der Waals surface area contributed by atoms with E-state index in [-0.39, 0.29) is 24.4 Å². The van der Waals surface area contributed by atoms with Gasteiger partial charge in [0.05, 0.1) is 18.0 Å². The second-order valence-corrected chi connectivity index (χ2v) is 7.92. The van der Waals surface area contributed by atoms with Gasteiger partial charge in [-0.15, -0.1) is 0 Å². The smallest absolute Gasteiger partial charge is 0.232 e. The van der Waals surface area contributed by atoms with Crippen molar-refractivity contribution in [3.05, 3.63) is 114 Å². The van der Waals surface area contributed by atoms with E-state index in [2.05, 4.69) is 15.3 Å². The number of benzene rings is 3. The molecule has 1 unspecified atom stereocenters. The van der Waals surface area contributed by atoms with Crippen molar-refractivity contribution in [3.8, 4) is 17.1 Å². The zero-order chi connectivity index (χ0) is 22.6. The fourth-order valence-corrected chi connectivity index (χ4v) is 4.20. The van der Waals surface area contributed by atoms with Crippen molar-refractivity contribution in [2.45, 2.75) is 18.4 Å². The number of rotatable bonds is 6. The van der Waals surface area contributed by atoms with Gasteiger partial charge in [-0.3, -0.25) is 4.79 Å². The maximum Gasteiger partial charge on any atom is 0.232 e. The van der Waals surface area contributed by atoms with Crippen LogP contribution in [0, 0.1) is 5.82 Å². The summed E-state index contributed by atoms with van der Waals surface area (Å²) in [7, 11) is 0. The topological polar surface area (TPSA) is 64.1 Å². The predicted octanol–water partition coefficient (Wildman–Crippen LogP) is 4.53. The van der Waals surface area contributed by atoms with Crippen LogP contribution >= 0.6 is 0 Å². The van der Waals surface area contributed by atoms with Crippen molar-refractivity contribution < 1.29 is 13.9 Å². The Kier molecular flexibility index (Phi) is 5.81. The molecule has 0 spiro atoms. The van der Waals surface area contributed by atoms with Gasteiger partial charge < -0.3 is 10.1 Å². The van der Waals surface area contributed by atoms with Gasteiger partial charge in [-0.2, -0.15) is 0 Å². The average molecular weight is 439 g/mol. The van der Waals surface area contributed by atoms with E-state index in [4.69, 9.17) is 4.74 Å². The number of aromatic nitrogens is 2. The molecule has 164 valence electrons. The van der Waals surface area contributed by atoms with Gasteiger partial charge in [0.25, 0.3) is 0 Å². The first-order valence-corrected chi connectivity index (χ1v) is 10.8. The monoisotopic (exact) mass is 439 g/mol. The third kappa shape index (κ3) is 4.32. The fraction of sp³-hybridized carbons (Fsp3) is 0.148. The van der Waals surface area contributed by atoms with Crippen molar-refractivity contribution in [2.75, 3.05) is 6.54 Å². The van der Waals surface area contributed by atoms with Crippen molar-refractivity contribution in [1.82, 2.24) is 15.3 Å². The lowest BCUT2D eigenvalue weighted by Gasteiger charge is -2.19. The molecule has 1 amide bonds. The standard InChI is InChI=1S/C27H22FN3O2/c28-23-13-12-21(26-29-14-7-15-30-26)25-22(23)16-20(33-25)17-31-27(32)24(18-8-3-1-4-9-18)19-10-5-2-6-11-19/h1-15,20,24H,16-17H2,(H,31,32). The molecule has 2 heterocycles. The highest BCUT2D eigenvalue weighted by atomic mass is 19.1. The first-order chi connectivity index (χ1) is 16.2. The predicted molar refractivity (Wildman–Crippen MR) is 123 cm³/mol. The Morgan fingerprint density at radius 1 is 0.939 bits per heavy atom. The Hall–Kier alpha value is -4.06. The first-order valence-electron chi connectivity index (χ1n) is 10.8. The maximum atomic E-state index is 14.5. The van der Waals surface area contributed by atoms with E-state index in [9.17, 15) is 9.18 Å². The van der Waals surface area contributed by atoms with Crippen LogP contribution in [0.4, 0.5) is 4.39 Å². The summed E-state index contributed by atoms with van der Waals surface area (Å²) in [4.78, 5) is 21.8. The molecule has 1 atom stereocenters. The second-order valence-electron chi connectivity index (χ2n) is 7.92. The number of fused-ring (bicyclic) bond motifs is 1. The zero-order valence-corrected chi connectivity index (χ0v) is 17.8. The third-order valence-corrected chi connectivity index (χ3v) is 5.76. The zero-order valence-electron chi connectivity index (χ0n) is 17.8. The highest BCUT2D eigenvalue weighted by Gasteiger charge is 2.31. The molecule has 0 saturated heterocycles. The van der Waals surface area contributed by atoms with Gasteiger partial charge in [-0.25, -0.2) is 14.4 Å². The lowest BCUT2D eigenvalue weighted by Crippen LogP contribution is -2.37. The lowest BCUT2D eigenvalue weighted by atomic mass is 9.90. The minimum Gasteiger partial charge on any atom is -0.487 e. The molecule has 0 bridgehead atoms. The van der Waals surface area contributed by atoms with Crippen LogP contribution < -0.4 is 10.1 Å². The molecule has 33 heavy (non-hydrogen) atoms. The molecule has 4 aromatic rings. The third-order valence-electron chi connectivity index (χ3n) is 5.76. The van der Waals surface area contributed by atoms with Crippen LogP contribution in [-0.2, 0) is 11.2 Å². The summed E-state index contributed by atoms with van der Waals surface area (Å²) in [6, 6.07) is 24.1. The second kappa shape index (κ2) is 9.20. The molecule has 0 saturated carbocycles. The summed E-state index contributed by atoms with van der Waals surface area (Å²) >= 11 is 0. The number of ether oxygens (including phenoxy) is 1. The number of halogens is 1. The Balaban J connectivity index is 1.34. The van der Waals surface area contributed by atoms with E-state index < -0.39 is 5.92 Å². The van der Waals surface area contributed by atoms with Gasteiger partial charge in [0.1, 0.15) is 17.7 Å². The number of carbonyl (C=O) groups is 1. The molecule has 0 fully saturated rings. The molecule has 3 aromatic carbocycles. The fourth-order valence-electron chi connectivity index (χ4n) is 4.20. The van der Waals surface area contributed by atoms with Crippen LogP contribution in [-0.4, -0.2) is 28.5 Å². The van der Waals surface area contributed by atoms with Crippen molar-refractivity contribution in [2.24, 2.45) is 0 Å². The summed E-state index contributed by atoms with van der Waals surface area (Å²) < 4.78 is 20.6. The Bertz CT molecular complexity index is 1210. The Morgan fingerprint density at radius 3 is 2.21 bits per heavy atom. The lowest BCUT2D eigenvalue weighted by molar-refractivity contribution is -0.122. The Labute approximate surface area is 191 Å². The molecule has 1 aromatic heterocycles. The van der Waals surface area contributed by atoms with Crippen LogP contribution in [0.15, 0.2) is 91.3 Å². The first kappa shape index (κ1) is 20.8. The summed E-state index contributed by atoms with van der Waals surface area (Å²) in [6.45, 7) is 0.262. The molecular weight excluding hydrogens is 417 g/mol. The van der Waals surface area contributed by atoms with Gasteiger partial charge in [-0.1, -0.05) is 60.7 Å². The van der Waals surface area contributed by atoms with Crippen LogP contribution in [0.25, 0.3) is 11.4 Å². The van der Waals surface area contributed by atoms with Gasteiger partial charge in [0.15, 0.2) is 5.82 Å². The molecular formula is C27H22FN3O2. The molecule has 1 aliphatic heterocycles. The number of amides is 1. The minimum absolute atomic E-state index is 0.126. The van der Waals surface area contributed by atoms with Crippen LogP contribution in [0.3, 0.4) is 0 Å². The molecule has 1 N–H and O–H groups in total. The van der Waals surface area contributed by atoms with E-state index in [1.165, 1.54) is 6.07 Å². The molecule has 1 aliphatic rings. The van der Waals surface area contributed by atoms with Gasteiger partial charge in [0.2, 0.25) is 5.91 Å². The molecule has 6 heteroatoms. The van der Waals surface area contributed by atoms with Crippen molar-refractivity contribution in [1.29, 1.82) is 0 Å². The maximum absolute atomic E-state index is 14.5. The van der Waals surface area contributed by atoms with E-state index in [1.54, 1.807) is 24.5 Å². The highest BCUT2D eigenvalue weighted by molar-refractivity contribution is 5.87. The quantitative estimate of drug-likeness (QED) is 0.479. The number of hydrogen-bond acceptors (Lipinski definition) is 4. The summed E-state index contributed by atoms with van der Waals surface area (Å²) in [5.74, 6) is 0.0277. The molecule has 0 aliphatic carbocycles. The highest BCUT2D eigenvalue weighted by Crippen LogP contribution is 2.39. The van der Waals surface area contributed by atoms with Crippen LogP contribution in [0.5, 0.6) is 5.75 Å². The summed E-state index contributed by atoms with van der Waals surface area (Å²) in [5, 5.41) is 3.02. The molecule has 5 nitrogen and oxygen atoms in total. The Morgan fingerprint density at radius 2 is 1.58 bits per heavy atom. The van der Waals surface area contributed by atoms with Crippen LogP contribution in [0.2, 0.25) is 0 Å². The van der Waals surface area contributed by atoms with E-state index >= 15 is 0 Å². The minimum atomic E-state index is -0.443. The van der Waals surface area contributed by atoms with E-state index in [1.807, 2.05) is 60.7 Å². The van der Waals surface area contributed by atoms with Crippen molar-refractivity contribution >= 4 is 5.91 Å². The summed E-state index contributed by atoms with van der Waals surface area (Å²) in [5.41, 5.74) is 2.95. The number of nitrogens with zero attached hydrogens (tertiary/aromatic N) is 2. The number of carbonyl (C=O) groups excluding carboxylic acids is 1. The number of hydrogen-bond donors (Lipinski definition) is 1. The molecule has 0 radical (unpaired) electrons. The average Bonchev–Trinajstić information content (AvgIpc) is 3.30.